The number of aryl methyl sites for hydroxylation is 2. The van der Waals surface area contributed by atoms with Crippen LogP contribution in [0.15, 0.2) is 42.5 Å². The summed E-state index contributed by atoms with van der Waals surface area (Å²) in [7, 11) is 0. The van der Waals surface area contributed by atoms with E-state index in [4.69, 9.17) is 0 Å². The molecule has 0 N–H and O–H groups in total. The van der Waals surface area contributed by atoms with Crippen molar-refractivity contribution in [3.05, 3.63) is 64.7 Å². The van der Waals surface area contributed by atoms with Gasteiger partial charge in [-0.1, -0.05) is 48.4 Å². The summed E-state index contributed by atoms with van der Waals surface area (Å²) in [6.07, 6.45) is 5.84. The molecule has 0 aromatic heterocycles. The molecule has 1 saturated heterocycles. The van der Waals surface area contributed by atoms with E-state index in [0.29, 0.717) is 6.67 Å². The van der Waals surface area contributed by atoms with Crippen molar-refractivity contribution in [3.63, 3.8) is 0 Å². The Morgan fingerprint density at radius 2 is 1.77 bits per heavy atom. The second-order valence-corrected chi connectivity index (χ2v) is 7.49. The molecular weight excluding hydrogens is 320 g/mol. The van der Waals surface area contributed by atoms with Gasteiger partial charge in [-0.2, -0.15) is 0 Å². The molecule has 3 heteroatoms. The fraction of sp³-hybridized carbons (Fsp3) is 0.348. The Morgan fingerprint density at radius 1 is 1.00 bits per heavy atom. The van der Waals surface area contributed by atoms with Crippen molar-refractivity contribution in [2.75, 3.05) is 24.7 Å². The maximum absolute atomic E-state index is 13.3. The summed E-state index contributed by atoms with van der Waals surface area (Å²) in [6.45, 7) is 7.06. The van der Waals surface area contributed by atoms with E-state index in [1.165, 1.54) is 30.4 Å². The topological polar surface area (TPSA) is 23.6 Å². The molecule has 3 nitrogen and oxygen atoms in total. The summed E-state index contributed by atoms with van der Waals surface area (Å²) in [5.74, 6) is 0.123. The van der Waals surface area contributed by atoms with Gasteiger partial charge in [0, 0.05) is 11.1 Å². The molecule has 0 bridgehead atoms. The first-order valence-corrected chi connectivity index (χ1v) is 9.56. The molecule has 2 aliphatic rings. The first-order chi connectivity index (χ1) is 12.6. The van der Waals surface area contributed by atoms with Crippen molar-refractivity contribution < 1.29 is 4.79 Å². The summed E-state index contributed by atoms with van der Waals surface area (Å²) >= 11 is 0. The zero-order valence-corrected chi connectivity index (χ0v) is 15.7. The maximum Gasteiger partial charge on any atom is 0.260 e. The number of carbonyl (C=O) groups is 1. The molecule has 2 aromatic rings. The molecule has 26 heavy (non-hydrogen) atoms. The van der Waals surface area contributed by atoms with Crippen molar-refractivity contribution in [1.82, 2.24) is 4.90 Å². The van der Waals surface area contributed by atoms with Gasteiger partial charge in [0.2, 0.25) is 0 Å². The SMILES string of the molecule is Cc1ccc(C)c(/C=C2/C(=O)N(CN3CCCCC3)c3ccccc32)c1. The highest BCUT2D eigenvalue weighted by Crippen LogP contribution is 2.38. The average molecular weight is 346 g/mol. The number of amides is 1. The smallest absolute Gasteiger partial charge is 0.260 e. The number of hydrogen-bond donors (Lipinski definition) is 0. The molecule has 0 spiro atoms. The quantitative estimate of drug-likeness (QED) is 0.756. The Bertz CT molecular complexity index is 862. The average Bonchev–Trinajstić information content (AvgIpc) is 2.91. The van der Waals surface area contributed by atoms with Crippen molar-refractivity contribution in [2.24, 2.45) is 0 Å². The van der Waals surface area contributed by atoms with Gasteiger partial charge in [0.25, 0.3) is 5.91 Å². The van der Waals surface area contributed by atoms with Crippen molar-refractivity contribution in [2.45, 2.75) is 33.1 Å². The minimum atomic E-state index is 0.123. The minimum absolute atomic E-state index is 0.123. The standard InChI is InChI=1S/C23H26N2O/c1-17-10-11-18(2)19(14-17)15-21-20-8-4-5-9-22(20)25(23(21)26)16-24-12-6-3-7-13-24/h4-5,8-11,14-15H,3,6-7,12-13,16H2,1-2H3/b21-15+. The van der Waals surface area contributed by atoms with Crippen LogP contribution in [0.5, 0.6) is 0 Å². The van der Waals surface area contributed by atoms with Crippen LogP contribution < -0.4 is 4.90 Å². The van der Waals surface area contributed by atoms with Gasteiger partial charge < -0.3 is 0 Å². The highest BCUT2D eigenvalue weighted by atomic mass is 16.2. The molecular formula is C23H26N2O. The Balaban J connectivity index is 1.71. The Kier molecular flexibility index (Phi) is 4.64. The van der Waals surface area contributed by atoms with Gasteiger partial charge in [-0.25, -0.2) is 0 Å². The van der Waals surface area contributed by atoms with Gasteiger partial charge in [0.1, 0.15) is 0 Å². The van der Waals surface area contributed by atoms with Crippen molar-refractivity contribution >= 4 is 23.2 Å². The van der Waals surface area contributed by atoms with Gasteiger partial charge in [0.15, 0.2) is 0 Å². The van der Waals surface area contributed by atoms with E-state index in [0.717, 1.165) is 35.5 Å². The number of rotatable bonds is 3. The molecule has 0 aliphatic carbocycles. The zero-order valence-electron chi connectivity index (χ0n) is 15.7. The normalized spacial score (nSPS) is 19.2. The molecule has 0 saturated carbocycles. The number of hydrogen-bond acceptors (Lipinski definition) is 2. The lowest BCUT2D eigenvalue weighted by Crippen LogP contribution is -2.42. The molecule has 2 aromatic carbocycles. The van der Waals surface area contributed by atoms with Crippen LogP contribution >= 0.6 is 0 Å². The zero-order chi connectivity index (χ0) is 18.1. The number of fused-ring (bicyclic) bond motifs is 1. The van der Waals surface area contributed by atoms with E-state index in [9.17, 15) is 4.79 Å². The molecule has 2 heterocycles. The number of likely N-dealkylation sites (tertiary alicyclic amines) is 1. The number of piperidine rings is 1. The van der Waals surface area contributed by atoms with Crippen LogP contribution in [-0.2, 0) is 4.79 Å². The fourth-order valence-electron chi connectivity index (χ4n) is 3.96. The Hall–Kier alpha value is -2.39. The van der Waals surface area contributed by atoms with Crippen LogP contribution in [0.2, 0.25) is 0 Å². The summed E-state index contributed by atoms with van der Waals surface area (Å²) in [5, 5.41) is 0. The molecule has 2 aliphatic heterocycles. The summed E-state index contributed by atoms with van der Waals surface area (Å²) in [6, 6.07) is 14.6. The molecule has 4 rings (SSSR count). The highest BCUT2D eigenvalue weighted by molar-refractivity contribution is 6.35. The lowest BCUT2D eigenvalue weighted by molar-refractivity contribution is -0.113. The third kappa shape index (κ3) is 3.19. The molecule has 1 amide bonds. The van der Waals surface area contributed by atoms with E-state index in [1.807, 2.05) is 17.0 Å². The van der Waals surface area contributed by atoms with Crippen LogP contribution in [0, 0.1) is 13.8 Å². The predicted octanol–water partition coefficient (Wildman–Crippen LogP) is 4.63. The minimum Gasteiger partial charge on any atom is -0.294 e. The van der Waals surface area contributed by atoms with Crippen LogP contribution in [0.4, 0.5) is 5.69 Å². The third-order valence-corrected chi connectivity index (χ3v) is 5.49. The molecule has 0 unspecified atom stereocenters. The van der Waals surface area contributed by atoms with Crippen molar-refractivity contribution in [3.8, 4) is 0 Å². The second-order valence-electron chi connectivity index (χ2n) is 7.49. The Labute approximate surface area is 155 Å². The largest absolute Gasteiger partial charge is 0.294 e. The number of benzene rings is 2. The number of nitrogens with zero attached hydrogens (tertiary/aromatic N) is 2. The van der Waals surface area contributed by atoms with E-state index < -0.39 is 0 Å². The van der Waals surface area contributed by atoms with Crippen LogP contribution in [0.1, 0.15) is 41.5 Å². The Morgan fingerprint density at radius 3 is 2.58 bits per heavy atom. The summed E-state index contributed by atoms with van der Waals surface area (Å²) < 4.78 is 0. The number of para-hydroxylation sites is 1. The number of carbonyl (C=O) groups excluding carboxylic acids is 1. The van der Waals surface area contributed by atoms with Gasteiger partial charge >= 0.3 is 0 Å². The lowest BCUT2D eigenvalue weighted by Gasteiger charge is -2.30. The van der Waals surface area contributed by atoms with Gasteiger partial charge in [-0.05, 0) is 63.0 Å². The van der Waals surface area contributed by atoms with E-state index in [1.54, 1.807) is 0 Å². The highest BCUT2D eigenvalue weighted by Gasteiger charge is 2.33. The number of anilines is 1. The third-order valence-electron chi connectivity index (χ3n) is 5.49. The van der Waals surface area contributed by atoms with E-state index in [-0.39, 0.29) is 5.91 Å². The van der Waals surface area contributed by atoms with Gasteiger partial charge in [-0.3, -0.25) is 14.6 Å². The summed E-state index contributed by atoms with van der Waals surface area (Å²) in [5.41, 5.74) is 6.44. The van der Waals surface area contributed by atoms with Crippen molar-refractivity contribution in [1.29, 1.82) is 0 Å². The molecule has 0 atom stereocenters. The van der Waals surface area contributed by atoms with Gasteiger partial charge in [0.05, 0.1) is 12.4 Å². The molecule has 0 radical (unpaired) electrons. The molecule has 1 fully saturated rings. The van der Waals surface area contributed by atoms with Crippen LogP contribution in [0.3, 0.4) is 0 Å². The summed E-state index contributed by atoms with van der Waals surface area (Å²) in [4.78, 5) is 17.6. The fourth-order valence-corrected chi connectivity index (χ4v) is 3.96. The predicted molar refractivity (Wildman–Crippen MR) is 108 cm³/mol. The first kappa shape index (κ1) is 17.0. The van der Waals surface area contributed by atoms with E-state index in [2.05, 4.69) is 55.2 Å². The van der Waals surface area contributed by atoms with Crippen LogP contribution in [-0.4, -0.2) is 30.6 Å². The molecule has 134 valence electrons. The first-order valence-electron chi connectivity index (χ1n) is 9.56. The van der Waals surface area contributed by atoms with E-state index >= 15 is 0 Å². The monoisotopic (exact) mass is 346 g/mol. The second kappa shape index (κ2) is 7.08. The lowest BCUT2D eigenvalue weighted by atomic mass is 10.00. The maximum atomic E-state index is 13.3. The van der Waals surface area contributed by atoms with Gasteiger partial charge in [-0.15, -0.1) is 0 Å². The van der Waals surface area contributed by atoms with Crippen LogP contribution in [0.25, 0.3) is 11.6 Å².